The largest absolute Gasteiger partial charge is 0.469 e. The van der Waals surface area contributed by atoms with Crippen molar-refractivity contribution in [2.45, 2.75) is 19.8 Å². The SMILES string of the molecule is C=C(CC(=O)OC)C(=O)OCC(=O)CC. The van der Waals surface area contributed by atoms with Gasteiger partial charge in [0.25, 0.3) is 0 Å². The number of ether oxygens (including phenoxy) is 2. The van der Waals surface area contributed by atoms with Crippen LogP contribution in [0, 0.1) is 0 Å². The number of ketones is 1. The molecule has 0 atom stereocenters. The molecule has 0 aliphatic rings. The third kappa shape index (κ3) is 5.61. The second kappa shape index (κ2) is 6.75. The van der Waals surface area contributed by atoms with Gasteiger partial charge < -0.3 is 9.47 Å². The average Bonchev–Trinajstić information content (AvgIpc) is 2.24. The van der Waals surface area contributed by atoms with E-state index in [1.807, 2.05) is 0 Å². The van der Waals surface area contributed by atoms with Crippen LogP contribution in [0.1, 0.15) is 19.8 Å². The first-order chi connectivity index (χ1) is 7.01. The topological polar surface area (TPSA) is 69.7 Å². The summed E-state index contributed by atoms with van der Waals surface area (Å²) in [6.45, 7) is 4.74. The van der Waals surface area contributed by atoms with Crippen LogP contribution in [0.25, 0.3) is 0 Å². The summed E-state index contributed by atoms with van der Waals surface area (Å²) < 4.78 is 8.95. The third-order valence-electron chi connectivity index (χ3n) is 1.63. The molecule has 0 unspecified atom stereocenters. The Kier molecular flexibility index (Phi) is 6.01. The summed E-state index contributed by atoms with van der Waals surface area (Å²) in [7, 11) is 1.21. The summed E-state index contributed by atoms with van der Waals surface area (Å²) in [5, 5.41) is 0. The monoisotopic (exact) mass is 214 g/mol. The standard InChI is InChI=1S/C10H14O5/c1-4-8(11)6-15-10(13)7(2)5-9(12)14-3/h2,4-6H2,1,3H3. The van der Waals surface area contributed by atoms with E-state index in [0.29, 0.717) is 6.42 Å². The summed E-state index contributed by atoms with van der Waals surface area (Å²) in [6.07, 6.45) is 0.0758. The molecule has 0 saturated carbocycles. The molecule has 5 nitrogen and oxygen atoms in total. The number of hydrogen-bond donors (Lipinski definition) is 0. The van der Waals surface area contributed by atoms with Crippen molar-refractivity contribution in [2.75, 3.05) is 13.7 Å². The minimum Gasteiger partial charge on any atom is -0.469 e. The zero-order valence-electron chi connectivity index (χ0n) is 8.87. The van der Waals surface area contributed by atoms with E-state index in [0.717, 1.165) is 0 Å². The smallest absolute Gasteiger partial charge is 0.334 e. The molecular weight excluding hydrogens is 200 g/mol. The van der Waals surface area contributed by atoms with Gasteiger partial charge in [0.2, 0.25) is 0 Å². The Morgan fingerprint density at radius 2 is 1.87 bits per heavy atom. The predicted molar refractivity (Wildman–Crippen MR) is 52.0 cm³/mol. The van der Waals surface area contributed by atoms with E-state index in [2.05, 4.69) is 16.1 Å². The summed E-state index contributed by atoms with van der Waals surface area (Å²) in [4.78, 5) is 32.7. The second-order valence-corrected chi connectivity index (χ2v) is 2.82. The van der Waals surface area contributed by atoms with Crippen LogP contribution in [-0.4, -0.2) is 31.4 Å². The summed E-state index contributed by atoms with van der Waals surface area (Å²) in [5.74, 6) is -1.50. The fourth-order valence-corrected chi connectivity index (χ4v) is 0.669. The molecule has 0 aliphatic heterocycles. The zero-order valence-corrected chi connectivity index (χ0v) is 8.87. The molecule has 0 aromatic heterocycles. The molecule has 0 spiro atoms. The molecule has 0 aliphatic carbocycles. The van der Waals surface area contributed by atoms with Crippen molar-refractivity contribution in [1.82, 2.24) is 0 Å². The maximum absolute atomic E-state index is 11.1. The van der Waals surface area contributed by atoms with Crippen LogP contribution in [0.3, 0.4) is 0 Å². The lowest BCUT2D eigenvalue weighted by Crippen LogP contribution is -2.16. The minimum absolute atomic E-state index is 0.0225. The highest BCUT2D eigenvalue weighted by Gasteiger charge is 2.14. The van der Waals surface area contributed by atoms with Gasteiger partial charge in [-0.3, -0.25) is 9.59 Å². The van der Waals surface area contributed by atoms with Crippen molar-refractivity contribution >= 4 is 17.7 Å². The molecule has 0 aromatic carbocycles. The second-order valence-electron chi connectivity index (χ2n) is 2.82. The Morgan fingerprint density at radius 3 is 2.33 bits per heavy atom. The van der Waals surface area contributed by atoms with Crippen LogP contribution in [0.5, 0.6) is 0 Å². The molecular formula is C10H14O5. The van der Waals surface area contributed by atoms with E-state index >= 15 is 0 Å². The van der Waals surface area contributed by atoms with Crippen LogP contribution in [0.15, 0.2) is 12.2 Å². The first-order valence-corrected chi connectivity index (χ1v) is 4.44. The lowest BCUT2D eigenvalue weighted by molar-refractivity contribution is -0.146. The first kappa shape index (κ1) is 13.4. The zero-order chi connectivity index (χ0) is 11.8. The molecule has 0 fully saturated rings. The maximum Gasteiger partial charge on any atom is 0.334 e. The highest BCUT2D eigenvalue weighted by Crippen LogP contribution is 2.02. The normalized spacial score (nSPS) is 9.20. The average molecular weight is 214 g/mol. The van der Waals surface area contributed by atoms with Gasteiger partial charge >= 0.3 is 11.9 Å². The highest BCUT2D eigenvalue weighted by molar-refractivity contribution is 5.94. The van der Waals surface area contributed by atoms with Crippen LogP contribution in [0.2, 0.25) is 0 Å². The van der Waals surface area contributed by atoms with Crippen LogP contribution in [0.4, 0.5) is 0 Å². The fourth-order valence-electron chi connectivity index (χ4n) is 0.669. The van der Waals surface area contributed by atoms with E-state index in [1.54, 1.807) is 6.92 Å². The van der Waals surface area contributed by atoms with Crippen LogP contribution >= 0.6 is 0 Å². The number of methoxy groups -OCH3 is 1. The molecule has 15 heavy (non-hydrogen) atoms. The van der Waals surface area contributed by atoms with Gasteiger partial charge in [0, 0.05) is 12.0 Å². The van der Waals surface area contributed by atoms with Crippen molar-refractivity contribution in [3.63, 3.8) is 0 Å². The molecule has 0 saturated heterocycles. The Balaban J connectivity index is 3.95. The summed E-state index contributed by atoms with van der Waals surface area (Å²) in [6, 6.07) is 0. The number of carbonyl (C=O) groups is 3. The quantitative estimate of drug-likeness (QED) is 0.479. The number of carbonyl (C=O) groups excluding carboxylic acids is 3. The van der Waals surface area contributed by atoms with Gasteiger partial charge in [-0.05, 0) is 0 Å². The predicted octanol–water partition coefficient (Wildman–Crippen LogP) is 0.628. The molecule has 0 heterocycles. The van der Waals surface area contributed by atoms with Crippen molar-refractivity contribution in [1.29, 1.82) is 0 Å². The molecule has 0 radical (unpaired) electrons. The Morgan fingerprint density at radius 1 is 1.27 bits per heavy atom. The lowest BCUT2D eigenvalue weighted by Gasteiger charge is -2.04. The number of rotatable bonds is 6. The van der Waals surface area contributed by atoms with Crippen LogP contribution in [-0.2, 0) is 23.9 Å². The van der Waals surface area contributed by atoms with Crippen LogP contribution < -0.4 is 0 Å². The Hall–Kier alpha value is -1.65. The van der Waals surface area contributed by atoms with Crippen molar-refractivity contribution < 1.29 is 23.9 Å². The fraction of sp³-hybridized carbons (Fsp3) is 0.500. The summed E-state index contributed by atoms with van der Waals surface area (Å²) >= 11 is 0. The lowest BCUT2D eigenvalue weighted by atomic mass is 10.2. The van der Waals surface area contributed by atoms with Gasteiger partial charge in [-0.2, -0.15) is 0 Å². The van der Waals surface area contributed by atoms with E-state index in [9.17, 15) is 14.4 Å². The number of esters is 2. The van der Waals surface area contributed by atoms with Gasteiger partial charge in [-0.25, -0.2) is 4.79 Å². The van der Waals surface area contributed by atoms with Gasteiger partial charge in [0.1, 0.15) is 6.61 Å². The van der Waals surface area contributed by atoms with Gasteiger partial charge in [-0.1, -0.05) is 13.5 Å². The van der Waals surface area contributed by atoms with Crippen molar-refractivity contribution in [3.05, 3.63) is 12.2 Å². The molecule has 5 heteroatoms. The molecule has 84 valence electrons. The van der Waals surface area contributed by atoms with Crippen molar-refractivity contribution in [2.24, 2.45) is 0 Å². The van der Waals surface area contributed by atoms with E-state index in [-0.39, 0.29) is 24.4 Å². The molecule has 0 aromatic rings. The number of hydrogen-bond acceptors (Lipinski definition) is 5. The van der Waals surface area contributed by atoms with E-state index in [1.165, 1.54) is 7.11 Å². The Labute approximate surface area is 88.0 Å². The van der Waals surface area contributed by atoms with Gasteiger partial charge in [0.05, 0.1) is 13.5 Å². The summed E-state index contributed by atoms with van der Waals surface area (Å²) in [5.41, 5.74) is -0.0225. The van der Waals surface area contributed by atoms with Gasteiger partial charge in [-0.15, -0.1) is 0 Å². The molecule has 0 amide bonds. The van der Waals surface area contributed by atoms with E-state index in [4.69, 9.17) is 0 Å². The van der Waals surface area contributed by atoms with Crippen molar-refractivity contribution in [3.8, 4) is 0 Å². The minimum atomic E-state index is -0.748. The van der Waals surface area contributed by atoms with E-state index < -0.39 is 11.9 Å². The Bertz CT molecular complexity index is 280. The first-order valence-electron chi connectivity index (χ1n) is 4.44. The third-order valence-corrected chi connectivity index (χ3v) is 1.63. The number of Topliss-reactive ketones (excluding diaryl/α,β-unsaturated/α-hetero) is 1. The molecule has 0 N–H and O–H groups in total. The molecule has 0 bridgehead atoms. The maximum atomic E-state index is 11.1. The highest BCUT2D eigenvalue weighted by atomic mass is 16.5. The molecule has 0 rings (SSSR count). The van der Waals surface area contributed by atoms with Gasteiger partial charge in [0.15, 0.2) is 5.78 Å².